The summed E-state index contributed by atoms with van der Waals surface area (Å²) in [5, 5.41) is 9.56. The normalized spacial score (nSPS) is 30.8. The molecule has 2 fully saturated rings. The number of rotatable bonds is 6. The third-order valence-corrected chi connectivity index (χ3v) is 6.83. The Labute approximate surface area is 176 Å². The van der Waals surface area contributed by atoms with Gasteiger partial charge in [-0.25, -0.2) is 4.39 Å². The van der Waals surface area contributed by atoms with Crippen molar-refractivity contribution in [3.05, 3.63) is 36.4 Å². The van der Waals surface area contributed by atoms with Gasteiger partial charge in [-0.1, -0.05) is 13.0 Å². The van der Waals surface area contributed by atoms with E-state index in [2.05, 4.69) is 6.58 Å². The number of amides is 2. The molecule has 3 aliphatic heterocycles. The van der Waals surface area contributed by atoms with E-state index in [0.29, 0.717) is 30.8 Å². The van der Waals surface area contributed by atoms with Gasteiger partial charge < -0.3 is 19.6 Å². The number of β-lactam (4-membered cyclic amide) rings is 1. The van der Waals surface area contributed by atoms with Gasteiger partial charge in [-0.05, 0) is 38.5 Å². The lowest BCUT2D eigenvalue weighted by Crippen LogP contribution is -2.46. The van der Waals surface area contributed by atoms with Gasteiger partial charge in [0.05, 0.1) is 11.8 Å². The Hall–Kier alpha value is -2.25. The predicted octanol–water partition coefficient (Wildman–Crippen LogP) is 2.93. The lowest BCUT2D eigenvalue weighted by atomic mass is 9.71. The number of carbonyl (C=O) groups is 2. The van der Waals surface area contributed by atoms with Crippen LogP contribution in [0.3, 0.4) is 0 Å². The lowest BCUT2D eigenvalue weighted by Gasteiger charge is -2.33. The summed E-state index contributed by atoms with van der Waals surface area (Å²) in [5.74, 6) is -1.24. The van der Waals surface area contributed by atoms with Crippen LogP contribution in [0.25, 0.3) is 0 Å². The van der Waals surface area contributed by atoms with E-state index in [1.165, 1.54) is 13.8 Å². The number of carbonyl (C=O) groups excluding carboxylic acids is 2. The molecule has 3 aliphatic rings. The Kier molecular flexibility index (Phi) is 5.02. The quantitative estimate of drug-likeness (QED) is 0.572. The molecule has 162 valence electrons. The van der Waals surface area contributed by atoms with Gasteiger partial charge >= 0.3 is 0 Å². The fourth-order valence-electron chi connectivity index (χ4n) is 5.50. The Morgan fingerprint density at radius 3 is 2.67 bits per heavy atom. The molecule has 4 atom stereocenters. The number of aliphatic hydroxyl groups excluding tert-OH is 1. The molecule has 0 unspecified atom stereocenters. The summed E-state index contributed by atoms with van der Waals surface area (Å²) >= 11 is 0. The van der Waals surface area contributed by atoms with Gasteiger partial charge in [0.15, 0.2) is 5.60 Å². The number of hydrogen-bond acceptors (Lipinski definition) is 4. The number of benzene rings is 1. The molecule has 0 aromatic heterocycles. The van der Waals surface area contributed by atoms with E-state index in [9.17, 15) is 14.7 Å². The molecule has 6 nitrogen and oxygen atoms in total. The second-order valence-electron chi connectivity index (χ2n) is 8.98. The fourth-order valence-corrected chi connectivity index (χ4v) is 5.50. The minimum Gasteiger partial charge on any atom is -0.396 e. The van der Waals surface area contributed by atoms with Crippen molar-refractivity contribution in [1.82, 2.24) is 0 Å². The molecule has 1 N–H and O–H groups in total. The zero-order valence-corrected chi connectivity index (χ0v) is 17.7. The van der Waals surface area contributed by atoms with Gasteiger partial charge in [0.25, 0.3) is 5.91 Å². The second-order valence-corrected chi connectivity index (χ2v) is 8.98. The van der Waals surface area contributed by atoms with E-state index in [0.717, 1.165) is 5.69 Å². The van der Waals surface area contributed by atoms with Gasteiger partial charge in [-0.2, -0.15) is 0 Å². The standard InChI is InChI=1S/C23H29FN2O4/c1-5-10-26-17-7-6-15(25-11-8-19(25)28)13-16(17)23(21(26)29)14(2)20(22(3,4)24)18(30-23)9-12-27/h5-7,13-14,18,20,27H,1,8-12H2,2-4H3/t14-,18+,20-,23+/m0/s1. The van der Waals surface area contributed by atoms with Crippen molar-refractivity contribution < 1.29 is 23.8 Å². The first-order chi connectivity index (χ1) is 14.2. The summed E-state index contributed by atoms with van der Waals surface area (Å²) in [5.41, 5.74) is -0.872. The first-order valence-corrected chi connectivity index (χ1v) is 10.5. The van der Waals surface area contributed by atoms with E-state index < -0.39 is 29.2 Å². The summed E-state index contributed by atoms with van der Waals surface area (Å²) in [6.07, 6.45) is 1.81. The van der Waals surface area contributed by atoms with Gasteiger partial charge in [-0.15, -0.1) is 6.58 Å². The van der Waals surface area contributed by atoms with E-state index in [4.69, 9.17) is 4.74 Å². The van der Waals surface area contributed by atoms with Crippen LogP contribution in [0.15, 0.2) is 30.9 Å². The number of nitrogens with zero attached hydrogens (tertiary/aromatic N) is 2. The maximum absolute atomic E-state index is 15.3. The molecule has 3 heterocycles. The Morgan fingerprint density at radius 2 is 2.13 bits per heavy atom. The molecule has 4 rings (SSSR count). The molecule has 0 radical (unpaired) electrons. The van der Waals surface area contributed by atoms with Crippen LogP contribution in [-0.2, 0) is 19.9 Å². The molecule has 2 saturated heterocycles. The molecule has 7 heteroatoms. The zero-order chi connectivity index (χ0) is 21.8. The average Bonchev–Trinajstić information content (AvgIpc) is 3.09. The number of anilines is 2. The van der Waals surface area contributed by atoms with Crippen LogP contribution in [-0.4, -0.2) is 48.4 Å². The van der Waals surface area contributed by atoms with E-state index in [1.54, 1.807) is 15.9 Å². The summed E-state index contributed by atoms with van der Waals surface area (Å²) < 4.78 is 21.7. The van der Waals surface area contributed by atoms with Crippen LogP contribution in [0.2, 0.25) is 0 Å². The topological polar surface area (TPSA) is 70.1 Å². The maximum atomic E-state index is 15.3. The van der Waals surface area contributed by atoms with Crippen LogP contribution < -0.4 is 9.80 Å². The number of alkyl halides is 1. The van der Waals surface area contributed by atoms with Crippen LogP contribution >= 0.6 is 0 Å². The van der Waals surface area contributed by atoms with Gasteiger partial charge in [0, 0.05) is 49.2 Å². The summed E-state index contributed by atoms with van der Waals surface area (Å²) in [7, 11) is 0. The summed E-state index contributed by atoms with van der Waals surface area (Å²) in [6.45, 7) is 9.40. The molecule has 2 amide bonds. The number of halogens is 1. The third kappa shape index (κ3) is 2.82. The SMILES string of the molecule is C=CCN1C(=O)[C@]2(O[C@H](CCO)[C@@H](C(C)(C)F)[C@@H]2C)c2cc(N3CCC3=O)ccc21. The smallest absolute Gasteiger partial charge is 0.264 e. The average molecular weight is 416 g/mol. The van der Waals surface area contributed by atoms with Crippen molar-refractivity contribution in [1.29, 1.82) is 0 Å². The predicted molar refractivity (Wildman–Crippen MR) is 112 cm³/mol. The minimum atomic E-state index is -1.60. The van der Waals surface area contributed by atoms with Crippen LogP contribution in [0.4, 0.5) is 15.8 Å². The maximum Gasteiger partial charge on any atom is 0.264 e. The molecule has 1 aromatic carbocycles. The highest BCUT2D eigenvalue weighted by Crippen LogP contribution is 2.58. The lowest BCUT2D eigenvalue weighted by molar-refractivity contribution is -0.146. The van der Waals surface area contributed by atoms with Crippen LogP contribution in [0.1, 0.15) is 39.2 Å². The number of aliphatic hydroxyl groups is 1. The molecule has 0 bridgehead atoms. The Morgan fingerprint density at radius 1 is 1.40 bits per heavy atom. The van der Waals surface area contributed by atoms with Crippen LogP contribution in [0.5, 0.6) is 0 Å². The van der Waals surface area contributed by atoms with Gasteiger partial charge in [0.2, 0.25) is 5.91 Å². The molecule has 1 aromatic rings. The van der Waals surface area contributed by atoms with E-state index in [-0.39, 0.29) is 24.8 Å². The molecule has 0 saturated carbocycles. The van der Waals surface area contributed by atoms with E-state index >= 15 is 4.39 Å². The largest absolute Gasteiger partial charge is 0.396 e. The van der Waals surface area contributed by atoms with Crippen LogP contribution in [0, 0.1) is 11.8 Å². The number of hydrogen-bond donors (Lipinski definition) is 1. The Bertz CT molecular complexity index is 896. The van der Waals surface area contributed by atoms with Gasteiger partial charge in [0.1, 0.15) is 5.67 Å². The minimum absolute atomic E-state index is 0.0394. The molecular weight excluding hydrogens is 387 g/mol. The van der Waals surface area contributed by atoms with Crippen molar-refractivity contribution >= 4 is 23.2 Å². The zero-order valence-electron chi connectivity index (χ0n) is 17.7. The number of ether oxygens (including phenoxy) is 1. The highest BCUT2D eigenvalue weighted by atomic mass is 19.1. The molecule has 30 heavy (non-hydrogen) atoms. The molecular formula is C23H29FN2O4. The van der Waals surface area contributed by atoms with Crippen molar-refractivity contribution in [2.45, 2.75) is 51.0 Å². The van der Waals surface area contributed by atoms with Crippen molar-refractivity contribution in [3.8, 4) is 0 Å². The Balaban J connectivity index is 1.87. The van der Waals surface area contributed by atoms with Crippen molar-refractivity contribution in [3.63, 3.8) is 0 Å². The van der Waals surface area contributed by atoms with Gasteiger partial charge in [-0.3, -0.25) is 9.59 Å². The first-order valence-electron chi connectivity index (χ1n) is 10.5. The monoisotopic (exact) mass is 416 g/mol. The first kappa shape index (κ1) is 21.0. The second kappa shape index (κ2) is 7.17. The summed E-state index contributed by atoms with van der Waals surface area (Å²) in [6, 6.07) is 5.50. The third-order valence-electron chi connectivity index (χ3n) is 6.83. The fraction of sp³-hybridized carbons (Fsp3) is 0.565. The van der Waals surface area contributed by atoms with Crippen molar-refractivity contribution in [2.24, 2.45) is 11.8 Å². The molecule has 0 aliphatic carbocycles. The highest BCUT2D eigenvalue weighted by molar-refractivity contribution is 6.09. The van der Waals surface area contributed by atoms with Crippen molar-refractivity contribution in [2.75, 3.05) is 29.5 Å². The molecule has 1 spiro atoms. The highest BCUT2D eigenvalue weighted by Gasteiger charge is 2.66. The number of fused-ring (bicyclic) bond motifs is 2. The van der Waals surface area contributed by atoms with E-state index in [1.807, 2.05) is 25.1 Å². The summed E-state index contributed by atoms with van der Waals surface area (Å²) in [4.78, 5) is 29.0.